The third-order valence-electron chi connectivity index (χ3n) is 10.8. The molecule has 0 unspecified atom stereocenters. The summed E-state index contributed by atoms with van der Waals surface area (Å²) in [5.41, 5.74) is 2.22. The molecule has 1 aromatic heterocycles. The first-order valence-electron chi connectivity index (χ1n) is 19.6. The van der Waals surface area contributed by atoms with E-state index in [2.05, 4.69) is 25.8 Å². The number of amides is 3. The van der Waals surface area contributed by atoms with Crippen LogP contribution in [0.4, 0.5) is 4.39 Å². The van der Waals surface area contributed by atoms with Crippen LogP contribution in [0.3, 0.4) is 0 Å². The molecule has 2 fully saturated rings. The number of aliphatic hydroxyl groups is 2. The molecule has 2 aromatic carbocycles. The summed E-state index contributed by atoms with van der Waals surface area (Å²) in [5.74, 6) is -2.25. The molecule has 13 heteroatoms. The van der Waals surface area contributed by atoms with Crippen molar-refractivity contribution in [3.05, 3.63) is 83.8 Å². The maximum Gasteiger partial charge on any atom is 0.243 e. The second kappa shape index (κ2) is 19.6. The lowest BCUT2D eigenvalue weighted by Gasteiger charge is -2.36. The molecular formula is C43H58FN5O7. The van der Waals surface area contributed by atoms with E-state index in [1.54, 1.807) is 37.6 Å². The number of aliphatic hydroxyl groups excluding tert-OH is 2. The number of likely N-dealkylation sites (tertiary alicyclic amines) is 1. The lowest BCUT2D eigenvalue weighted by molar-refractivity contribution is -0.133. The minimum Gasteiger partial charge on any atom is -0.481 e. The molecule has 5 N–H and O–H groups in total. The summed E-state index contributed by atoms with van der Waals surface area (Å²) in [5, 5.41) is 31.7. The Bertz CT molecular complexity index is 1740. The SMILES string of the molecule is COc1ccc(-c2ccc(C[C@H](NC(=O)[C@@H](NC(=O)CN3CCCC3)C(C)(C)C)[C@@H](O)C[C@@H](Cc3ccccc3F)C(=O)N[C@H]3[C@H](C)COC[C@H]3O)cc2)cn1. The zero-order valence-electron chi connectivity index (χ0n) is 33.2. The van der Waals surface area contributed by atoms with Gasteiger partial charge < -0.3 is 35.6 Å². The number of carbonyl (C=O) groups is 3. The van der Waals surface area contributed by atoms with Crippen LogP contribution in [0.25, 0.3) is 11.1 Å². The first kappa shape index (κ1) is 42.7. The van der Waals surface area contributed by atoms with E-state index in [-0.39, 0.29) is 44.2 Å². The predicted molar refractivity (Wildman–Crippen MR) is 211 cm³/mol. The molecule has 3 aromatic rings. The lowest BCUT2D eigenvalue weighted by atomic mass is 9.84. The standard InChI is InChI=1S/C43H58FN5O7/c1-27-25-56-26-36(51)39(27)48-41(53)32(21-30-10-6-7-11-33(30)44)22-35(50)34(20-28-12-14-29(15-13-28)31-16-17-38(55-5)45-23-31)46-42(54)40(43(2,3)4)47-37(52)24-49-18-8-9-19-49/h6-7,10-17,23,27,32,34-36,39-40,50-51H,8-9,18-22,24-26H2,1-5H3,(H,46,54)(H,47,52)(H,48,53)/t27-,32-,34+,35+,36-,39+,40-/m1/s1. The molecule has 0 saturated carbocycles. The summed E-state index contributed by atoms with van der Waals surface area (Å²) in [7, 11) is 1.55. The largest absolute Gasteiger partial charge is 0.481 e. The number of pyridine rings is 1. The Morgan fingerprint density at radius 2 is 1.66 bits per heavy atom. The average Bonchev–Trinajstić information content (AvgIpc) is 3.68. The molecule has 5 rings (SSSR count). The smallest absolute Gasteiger partial charge is 0.243 e. The van der Waals surface area contributed by atoms with Crippen molar-refractivity contribution in [2.75, 3.05) is 40.0 Å². The van der Waals surface area contributed by atoms with Crippen LogP contribution in [0, 0.1) is 23.1 Å². The molecule has 56 heavy (non-hydrogen) atoms. The summed E-state index contributed by atoms with van der Waals surface area (Å²) < 4.78 is 25.6. The fraction of sp³-hybridized carbons (Fsp3) is 0.535. The Balaban J connectivity index is 1.41. The van der Waals surface area contributed by atoms with E-state index in [1.807, 2.05) is 58.0 Å². The van der Waals surface area contributed by atoms with Crippen LogP contribution in [0.15, 0.2) is 66.9 Å². The highest BCUT2D eigenvalue weighted by Gasteiger charge is 2.38. The molecule has 2 aliphatic heterocycles. The summed E-state index contributed by atoms with van der Waals surface area (Å²) in [4.78, 5) is 47.8. The molecule has 3 heterocycles. The third-order valence-corrected chi connectivity index (χ3v) is 10.8. The molecule has 0 radical (unpaired) electrons. The molecule has 12 nitrogen and oxygen atoms in total. The third kappa shape index (κ3) is 11.8. The van der Waals surface area contributed by atoms with Crippen LogP contribution >= 0.6 is 0 Å². The van der Waals surface area contributed by atoms with Gasteiger partial charge in [0.15, 0.2) is 0 Å². The number of aromatic nitrogens is 1. The van der Waals surface area contributed by atoms with Gasteiger partial charge in [0.25, 0.3) is 0 Å². The zero-order valence-corrected chi connectivity index (χ0v) is 33.2. The van der Waals surface area contributed by atoms with Crippen LogP contribution in [-0.4, -0.2) is 108 Å². The lowest BCUT2D eigenvalue weighted by Crippen LogP contribution is -2.59. The van der Waals surface area contributed by atoms with Crippen molar-refractivity contribution >= 4 is 17.7 Å². The zero-order chi connectivity index (χ0) is 40.4. The van der Waals surface area contributed by atoms with Gasteiger partial charge in [0.1, 0.15) is 11.9 Å². The van der Waals surface area contributed by atoms with E-state index in [0.29, 0.717) is 18.1 Å². The van der Waals surface area contributed by atoms with Gasteiger partial charge in [-0.15, -0.1) is 0 Å². The minimum atomic E-state index is -1.27. The molecule has 304 valence electrons. The normalized spacial score (nSPS) is 21.0. The Hall–Kier alpha value is -4.43. The summed E-state index contributed by atoms with van der Waals surface area (Å²) >= 11 is 0. The summed E-state index contributed by atoms with van der Waals surface area (Å²) in [6, 6.07) is 15.1. The topological polar surface area (TPSA) is 162 Å². The van der Waals surface area contributed by atoms with E-state index in [9.17, 15) is 24.6 Å². The quantitative estimate of drug-likeness (QED) is 0.146. The Morgan fingerprint density at radius 1 is 0.964 bits per heavy atom. The number of methoxy groups -OCH3 is 1. The molecule has 2 saturated heterocycles. The molecule has 2 aliphatic rings. The molecule has 0 spiro atoms. The molecule has 3 amide bonds. The number of nitrogens with one attached hydrogen (secondary N) is 3. The number of ether oxygens (including phenoxy) is 2. The molecule has 0 aliphatic carbocycles. The number of halogens is 1. The Kier molecular flexibility index (Phi) is 15.0. The van der Waals surface area contributed by atoms with Gasteiger partial charge in [0.2, 0.25) is 23.6 Å². The summed E-state index contributed by atoms with van der Waals surface area (Å²) in [6.07, 6.45) is 1.60. The van der Waals surface area contributed by atoms with E-state index in [1.165, 1.54) is 6.07 Å². The number of hydrogen-bond acceptors (Lipinski definition) is 9. The van der Waals surface area contributed by atoms with E-state index in [0.717, 1.165) is 42.6 Å². The van der Waals surface area contributed by atoms with Crippen molar-refractivity contribution in [2.45, 2.75) is 90.1 Å². The first-order chi connectivity index (χ1) is 26.7. The van der Waals surface area contributed by atoms with E-state index in [4.69, 9.17) is 9.47 Å². The van der Waals surface area contributed by atoms with Crippen molar-refractivity contribution in [2.24, 2.45) is 17.3 Å². The fourth-order valence-electron chi connectivity index (χ4n) is 7.48. The Labute approximate surface area is 329 Å². The van der Waals surface area contributed by atoms with Crippen LogP contribution in [0.5, 0.6) is 5.88 Å². The first-order valence-corrected chi connectivity index (χ1v) is 19.6. The molecular weight excluding hydrogens is 717 g/mol. The van der Waals surface area contributed by atoms with Gasteiger partial charge in [-0.1, -0.05) is 70.2 Å². The van der Waals surface area contributed by atoms with E-state index >= 15 is 4.39 Å². The monoisotopic (exact) mass is 775 g/mol. The second-order valence-electron chi connectivity index (χ2n) is 16.4. The van der Waals surface area contributed by atoms with Crippen LogP contribution in [0.2, 0.25) is 0 Å². The molecule has 0 bridgehead atoms. The van der Waals surface area contributed by atoms with Gasteiger partial charge >= 0.3 is 0 Å². The highest BCUT2D eigenvalue weighted by molar-refractivity contribution is 5.89. The maximum atomic E-state index is 15.0. The van der Waals surface area contributed by atoms with Crippen LogP contribution in [0.1, 0.15) is 58.1 Å². The number of benzene rings is 2. The highest BCUT2D eigenvalue weighted by Crippen LogP contribution is 2.26. The van der Waals surface area contributed by atoms with E-state index < -0.39 is 59.3 Å². The van der Waals surface area contributed by atoms with Crippen molar-refractivity contribution in [3.63, 3.8) is 0 Å². The Morgan fingerprint density at radius 3 is 2.29 bits per heavy atom. The second-order valence-corrected chi connectivity index (χ2v) is 16.4. The van der Waals surface area contributed by atoms with Gasteiger partial charge in [-0.25, -0.2) is 9.37 Å². The van der Waals surface area contributed by atoms with Gasteiger partial charge in [-0.2, -0.15) is 0 Å². The van der Waals surface area contributed by atoms with Crippen molar-refractivity contribution in [1.82, 2.24) is 25.8 Å². The van der Waals surface area contributed by atoms with Crippen molar-refractivity contribution in [3.8, 4) is 17.0 Å². The van der Waals surface area contributed by atoms with Gasteiger partial charge in [0.05, 0.1) is 51.2 Å². The maximum absolute atomic E-state index is 15.0. The van der Waals surface area contributed by atoms with Gasteiger partial charge in [-0.3, -0.25) is 19.3 Å². The van der Waals surface area contributed by atoms with Gasteiger partial charge in [0, 0.05) is 29.7 Å². The number of carbonyl (C=O) groups excluding carboxylic acids is 3. The average molecular weight is 776 g/mol. The van der Waals surface area contributed by atoms with Crippen LogP contribution in [-0.2, 0) is 32.0 Å². The van der Waals surface area contributed by atoms with Crippen molar-refractivity contribution in [1.29, 1.82) is 0 Å². The minimum absolute atomic E-state index is 0.0221. The predicted octanol–water partition coefficient (Wildman–Crippen LogP) is 3.67. The fourth-order valence-corrected chi connectivity index (χ4v) is 7.48. The number of rotatable bonds is 16. The van der Waals surface area contributed by atoms with Gasteiger partial charge in [-0.05, 0) is 79.4 Å². The van der Waals surface area contributed by atoms with Crippen molar-refractivity contribution < 1.29 is 38.5 Å². The van der Waals surface area contributed by atoms with Crippen LogP contribution < -0.4 is 20.7 Å². The number of nitrogens with zero attached hydrogens (tertiary/aromatic N) is 2. The number of hydrogen-bond donors (Lipinski definition) is 5. The highest BCUT2D eigenvalue weighted by atomic mass is 19.1. The molecule has 7 atom stereocenters. The summed E-state index contributed by atoms with van der Waals surface area (Å²) in [6.45, 7) is 9.74.